The fraction of sp³-hybridized carbons (Fsp3) is 0.556. The summed E-state index contributed by atoms with van der Waals surface area (Å²) in [6.45, 7) is 0.293. The molecule has 0 radical (unpaired) electrons. The van der Waals surface area contributed by atoms with E-state index in [1.54, 1.807) is 0 Å². The molecule has 0 aromatic carbocycles. The van der Waals surface area contributed by atoms with Crippen molar-refractivity contribution in [3.8, 4) is 0 Å². The van der Waals surface area contributed by atoms with Gasteiger partial charge in [0.05, 0.1) is 16.4 Å². The first-order valence-corrected chi connectivity index (χ1v) is 7.66. The maximum atomic E-state index is 11.3. The fourth-order valence-corrected chi connectivity index (χ4v) is 3.84. The van der Waals surface area contributed by atoms with Crippen LogP contribution in [0.2, 0.25) is 0 Å². The van der Waals surface area contributed by atoms with E-state index in [1.165, 1.54) is 0 Å². The average molecular weight is 302 g/mol. The van der Waals surface area contributed by atoms with Crippen molar-refractivity contribution in [3.63, 3.8) is 0 Å². The van der Waals surface area contributed by atoms with Gasteiger partial charge in [-0.3, -0.25) is 15.5 Å². The summed E-state index contributed by atoms with van der Waals surface area (Å²) in [6, 6.07) is 0. The van der Waals surface area contributed by atoms with Crippen molar-refractivity contribution in [2.24, 2.45) is 11.8 Å². The Labute approximate surface area is 114 Å². The quantitative estimate of drug-likeness (QED) is 0.371. The first-order chi connectivity index (χ1) is 9.41. The van der Waals surface area contributed by atoms with E-state index in [0.29, 0.717) is 13.0 Å². The molecule has 1 saturated heterocycles. The van der Waals surface area contributed by atoms with Crippen LogP contribution in [0.5, 0.6) is 0 Å². The zero-order valence-electron chi connectivity index (χ0n) is 10.4. The lowest BCUT2D eigenvalue weighted by atomic mass is 10.1. The van der Waals surface area contributed by atoms with Gasteiger partial charge in [0.1, 0.15) is 6.20 Å². The summed E-state index contributed by atoms with van der Waals surface area (Å²) in [5.41, 5.74) is 1.91. The Bertz CT molecular complexity index is 619. The molecule has 1 atom stereocenters. The maximum absolute atomic E-state index is 11.3. The summed E-state index contributed by atoms with van der Waals surface area (Å²) in [5, 5.41) is 13.7. The second-order valence-electron chi connectivity index (χ2n) is 4.48. The monoisotopic (exact) mass is 302 g/mol. The van der Waals surface area contributed by atoms with E-state index in [9.17, 15) is 18.5 Å². The second kappa shape index (κ2) is 5.54. The molecule has 1 aromatic heterocycles. The molecule has 110 valence electrons. The van der Waals surface area contributed by atoms with Gasteiger partial charge in [-0.25, -0.2) is 19.2 Å². The third-order valence-electron chi connectivity index (χ3n) is 2.98. The van der Waals surface area contributed by atoms with Crippen LogP contribution in [0, 0.1) is 16.0 Å². The van der Waals surface area contributed by atoms with Crippen LogP contribution in [0.25, 0.3) is 0 Å². The molecular formula is C9H14N6O4S. The number of hydrogen-bond acceptors (Lipinski definition) is 9. The summed E-state index contributed by atoms with van der Waals surface area (Å²) in [4.78, 5) is 17.8. The van der Waals surface area contributed by atoms with Gasteiger partial charge in [0.15, 0.2) is 9.84 Å². The lowest BCUT2D eigenvalue weighted by molar-refractivity contribution is -0.384. The van der Waals surface area contributed by atoms with Crippen molar-refractivity contribution in [3.05, 3.63) is 16.3 Å². The van der Waals surface area contributed by atoms with E-state index >= 15 is 0 Å². The number of nitrogens with zero attached hydrogens (tertiary/aromatic N) is 3. The predicted molar refractivity (Wildman–Crippen MR) is 71.7 cm³/mol. The lowest BCUT2D eigenvalue weighted by Gasteiger charge is -2.10. The van der Waals surface area contributed by atoms with E-state index in [4.69, 9.17) is 5.84 Å². The smallest absolute Gasteiger partial charge is 0.329 e. The number of nitrogens with two attached hydrogens (primary N) is 1. The van der Waals surface area contributed by atoms with Gasteiger partial charge in [0, 0.05) is 6.54 Å². The van der Waals surface area contributed by atoms with Gasteiger partial charge < -0.3 is 5.32 Å². The molecule has 1 unspecified atom stereocenters. The summed E-state index contributed by atoms with van der Waals surface area (Å²) < 4.78 is 22.7. The Morgan fingerprint density at radius 1 is 1.55 bits per heavy atom. The van der Waals surface area contributed by atoms with Crippen molar-refractivity contribution in [2.45, 2.75) is 6.42 Å². The van der Waals surface area contributed by atoms with Crippen LogP contribution >= 0.6 is 0 Å². The zero-order chi connectivity index (χ0) is 14.8. The standard InChI is InChI=1S/C9H14N6O4S/c10-14-9-12-4-7(15(16)17)8(13-9)11-3-6-1-2-20(18,19)5-6/h4,6H,1-3,5,10H2,(H2,11,12,13,14). The molecule has 0 aliphatic carbocycles. The summed E-state index contributed by atoms with van der Waals surface area (Å²) in [6.07, 6.45) is 1.58. The van der Waals surface area contributed by atoms with Crippen LogP contribution in [0.4, 0.5) is 17.5 Å². The van der Waals surface area contributed by atoms with Gasteiger partial charge in [0.25, 0.3) is 0 Å². The fourth-order valence-electron chi connectivity index (χ4n) is 1.98. The van der Waals surface area contributed by atoms with Crippen LogP contribution in [0.15, 0.2) is 6.20 Å². The van der Waals surface area contributed by atoms with Crippen molar-refractivity contribution < 1.29 is 13.3 Å². The van der Waals surface area contributed by atoms with Crippen LogP contribution in [-0.2, 0) is 9.84 Å². The van der Waals surface area contributed by atoms with Gasteiger partial charge >= 0.3 is 5.69 Å². The van der Waals surface area contributed by atoms with Gasteiger partial charge in [-0.15, -0.1) is 0 Å². The molecule has 11 heteroatoms. The molecule has 1 aliphatic heterocycles. The minimum Gasteiger partial charge on any atom is -0.364 e. The minimum atomic E-state index is -2.98. The minimum absolute atomic E-state index is 0.0160. The SMILES string of the molecule is NNc1ncc([N+](=O)[O-])c(NCC2CCS(=O)(=O)C2)n1. The van der Waals surface area contributed by atoms with Crippen LogP contribution < -0.4 is 16.6 Å². The molecule has 0 saturated carbocycles. The normalized spacial score (nSPS) is 20.6. The van der Waals surface area contributed by atoms with Crippen molar-refractivity contribution >= 4 is 27.3 Å². The molecule has 2 heterocycles. The summed E-state index contributed by atoms with van der Waals surface area (Å²) in [7, 11) is -2.98. The number of aromatic nitrogens is 2. The molecule has 1 fully saturated rings. The molecule has 4 N–H and O–H groups in total. The Morgan fingerprint density at radius 2 is 2.30 bits per heavy atom. The molecule has 1 aliphatic rings. The van der Waals surface area contributed by atoms with Crippen molar-refractivity contribution in [1.82, 2.24) is 9.97 Å². The predicted octanol–water partition coefficient (Wildman–Crippen LogP) is -0.483. The topological polar surface area (TPSA) is 153 Å². The third kappa shape index (κ3) is 3.30. The number of rotatable bonds is 5. The number of hydrogen-bond donors (Lipinski definition) is 3. The largest absolute Gasteiger partial charge is 0.364 e. The molecule has 20 heavy (non-hydrogen) atoms. The Balaban J connectivity index is 2.10. The number of hydrazine groups is 1. The number of nitrogen functional groups attached to an aromatic ring is 1. The summed E-state index contributed by atoms with van der Waals surface area (Å²) in [5.74, 6) is 5.36. The van der Waals surface area contributed by atoms with Crippen LogP contribution in [0.1, 0.15) is 6.42 Å². The van der Waals surface area contributed by atoms with Crippen LogP contribution in [-0.4, -0.2) is 41.4 Å². The van der Waals surface area contributed by atoms with E-state index in [0.717, 1.165) is 6.20 Å². The van der Waals surface area contributed by atoms with Gasteiger partial charge in [-0.05, 0) is 12.3 Å². The molecule has 0 bridgehead atoms. The van der Waals surface area contributed by atoms with E-state index < -0.39 is 14.8 Å². The Morgan fingerprint density at radius 3 is 2.85 bits per heavy atom. The average Bonchev–Trinajstić information content (AvgIpc) is 2.75. The first kappa shape index (κ1) is 14.4. The van der Waals surface area contributed by atoms with Crippen molar-refractivity contribution in [1.29, 1.82) is 0 Å². The highest BCUT2D eigenvalue weighted by Gasteiger charge is 2.28. The lowest BCUT2D eigenvalue weighted by Crippen LogP contribution is -2.18. The number of sulfone groups is 1. The molecule has 0 amide bonds. The Hall–Kier alpha value is -2.01. The van der Waals surface area contributed by atoms with Gasteiger partial charge in [-0.2, -0.15) is 4.98 Å². The van der Waals surface area contributed by atoms with Gasteiger partial charge in [-0.1, -0.05) is 0 Å². The molecule has 2 rings (SSSR count). The highest BCUT2D eigenvalue weighted by molar-refractivity contribution is 7.91. The summed E-state index contributed by atoms with van der Waals surface area (Å²) >= 11 is 0. The number of nitro groups is 1. The van der Waals surface area contributed by atoms with E-state index in [1.807, 2.05) is 0 Å². The number of nitrogens with one attached hydrogen (secondary N) is 2. The highest BCUT2D eigenvalue weighted by Crippen LogP contribution is 2.24. The molecule has 0 spiro atoms. The third-order valence-corrected chi connectivity index (χ3v) is 4.82. The molecule has 1 aromatic rings. The van der Waals surface area contributed by atoms with Crippen molar-refractivity contribution in [2.75, 3.05) is 28.8 Å². The Kier molecular flexibility index (Phi) is 3.99. The highest BCUT2D eigenvalue weighted by atomic mass is 32.2. The first-order valence-electron chi connectivity index (χ1n) is 5.83. The zero-order valence-corrected chi connectivity index (χ0v) is 11.3. The van der Waals surface area contributed by atoms with E-state index in [2.05, 4.69) is 20.7 Å². The maximum Gasteiger partial charge on any atom is 0.329 e. The number of anilines is 2. The van der Waals surface area contributed by atoms with E-state index in [-0.39, 0.29) is 34.9 Å². The van der Waals surface area contributed by atoms with Crippen LogP contribution in [0.3, 0.4) is 0 Å². The van der Waals surface area contributed by atoms with Gasteiger partial charge in [0.2, 0.25) is 11.8 Å². The molecule has 10 nitrogen and oxygen atoms in total. The molecular weight excluding hydrogens is 288 g/mol. The second-order valence-corrected chi connectivity index (χ2v) is 6.71.